The second-order valence-corrected chi connectivity index (χ2v) is 11.9. The first kappa shape index (κ1) is 30.6. The molecule has 3 heterocycles. The Kier molecular flexibility index (Phi) is 8.49. The number of fused-ring (bicyclic) bond motifs is 1. The number of pyridine rings is 1. The third kappa shape index (κ3) is 6.23. The van der Waals surface area contributed by atoms with Gasteiger partial charge >= 0.3 is 12.1 Å². The first-order valence-corrected chi connectivity index (χ1v) is 15.5. The number of carbonyl (C=O) groups is 2. The highest BCUT2D eigenvalue weighted by Crippen LogP contribution is 2.38. The lowest BCUT2D eigenvalue weighted by atomic mass is 10.1. The van der Waals surface area contributed by atoms with Crippen molar-refractivity contribution in [2.24, 2.45) is 0 Å². The van der Waals surface area contributed by atoms with Gasteiger partial charge in [0.25, 0.3) is 0 Å². The molecule has 6 rings (SSSR count). The number of benzene rings is 2. The van der Waals surface area contributed by atoms with Gasteiger partial charge in [0.05, 0.1) is 35.7 Å². The number of nitrogens with zero attached hydrogens (tertiary/aromatic N) is 4. The molecule has 2 aromatic carbocycles. The van der Waals surface area contributed by atoms with Crippen LogP contribution in [-0.4, -0.2) is 78.8 Å². The molecule has 14 heteroatoms. The number of thiocarbonyl (C=S) groups is 1. The van der Waals surface area contributed by atoms with Crippen LogP contribution in [0.3, 0.4) is 0 Å². The van der Waals surface area contributed by atoms with E-state index in [1.54, 1.807) is 22.8 Å². The van der Waals surface area contributed by atoms with Crippen molar-refractivity contribution < 1.29 is 28.2 Å². The molecular weight excluding hydrogens is 606 g/mol. The molecule has 2 saturated heterocycles. The highest BCUT2D eigenvalue weighted by Gasteiger charge is 2.33. The normalized spacial score (nSPS) is 18.3. The van der Waals surface area contributed by atoms with E-state index in [0.29, 0.717) is 60.4 Å². The minimum Gasteiger partial charge on any atom is -0.477 e. The van der Waals surface area contributed by atoms with Gasteiger partial charge in [0.15, 0.2) is 5.11 Å². The summed E-state index contributed by atoms with van der Waals surface area (Å²) >= 11 is 5.21. The Morgan fingerprint density at radius 2 is 1.71 bits per heavy atom. The largest absolute Gasteiger partial charge is 0.477 e. The smallest absolute Gasteiger partial charge is 0.414 e. The topological polar surface area (TPSA) is 119 Å². The minimum absolute atomic E-state index is 0.0424. The number of cyclic esters (lactones) is 1. The Hall–Kier alpha value is -4.46. The van der Waals surface area contributed by atoms with Crippen molar-refractivity contribution >= 4 is 57.4 Å². The van der Waals surface area contributed by atoms with Crippen LogP contribution in [0.4, 0.5) is 30.6 Å². The van der Waals surface area contributed by atoms with Crippen molar-refractivity contribution in [1.29, 1.82) is 0 Å². The van der Waals surface area contributed by atoms with Crippen molar-refractivity contribution in [3.8, 4) is 0 Å². The first-order valence-electron chi connectivity index (χ1n) is 15.1. The van der Waals surface area contributed by atoms with Crippen LogP contribution in [0.15, 0.2) is 41.3 Å². The lowest BCUT2D eigenvalue weighted by Crippen LogP contribution is -2.47. The fourth-order valence-electron chi connectivity index (χ4n) is 5.86. The number of ether oxygens (including phenoxy) is 1. The number of amides is 1. The molecule has 1 amide bonds. The number of piperazine rings is 1. The van der Waals surface area contributed by atoms with Gasteiger partial charge in [0, 0.05) is 50.3 Å². The average molecular weight is 641 g/mol. The summed E-state index contributed by atoms with van der Waals surface area (Å²) in [4.78, 5) is 42.1. The van der Waals surface area contributed by atoms with Gasteiger partial charge in [-0.1, -0.05) is 6.92 Å². The lowest BCUT2D eigenvalue weighted by Gasteiger charge is -2.37. The van der Waals surface area contributed by atoms with Gasteiger partial charge in [0.1, 0.15) is 23.3 Å². The van der Waals surface area contributed by atoms with Crippen molar-refractivity contribution in [3.05, 3.63) is 63.9 Å². The fraction of sp³-hybridized carbons (Fsp3) is 0.419. The summed E-state index contributed by atoms with van der Waals surface area (Å²) in [6, 6.07) is 7.45. The van der Waals surface area contributed by atoms with E-state index in [4.69, 9.17) is 17.0 Å². The zero-order chi connectivity index (χ0) is 31.8. The Bertz CT molecular complexity index is 1720. The number of hydrogen-bond donors (Lipinski definition) is 3. The summed E-state index contributed by atoms with van der Waals surface area (Å²) in [5.41, 5.74) is 0.499. The number of anilines is 3. The van der Waals surface area contributed by atoms with E-state index in [0.717, 1.165) is 31.9 Å². The summed E-state index contributed by atoms with van der Waals surface area (Å²) in [6.45, 7) is 4.97. The fourth-order valence-corrected chi connectivity index (χ4v) is 6.05. The molecule has 1 saturated carbocycles. The third-order valence-corrected chi connectivity index (χ3v) is 8.66. The number of carboxylic acids is 1. The maximum absolute atomic E-state index is 15.4. The van der Waals surface area contributed by atoms with Crippen LogP contribution in [0.5, 0.6) is 0 Å². The zero-order valence-electron chi connectivity index (χ0n) is 24.7. The molecule has 2 aliphatic heterocycles. The average Bonchev–Trinajstić information content (AvgIpc) is 3.80. The third-order valence-electron chi connectivity index (χ3n) is 8.38. The Morgan fingerprint density at radius 3 is 2.36 bits per heavy atom. The Labute approximate surface area is 263 Å². The van der Waals surface area contributed by atoms with Crippen LogP contribution in [0.1, 0.15) is 42.6 Å². The molecule has 0 spiro atoms. The summed E-state index contributed by atoms with van der Waals surface area (Å²) in [5.74, 6) is -2.44. The molecule has 1 aliphatic carbocycles. The predicted molar refractivity (Wildman–Crippen MR) is 171 cm³/mol. The van der Waals surface area contributed by atoms with Crippen molar-refractivity contribution in [1.82, 2.24) is 15.2 Å². The standard InChI is InChI=1S/C31H34F2N6O5S/c1-2-7-34-30(45)35-15-20-16-39(31(43)44-20)19-5-6-25(23(32)12-19)36-8-10-37(11-9-36)27-14-26-21(13-24(27)33)28(40)22(29(41)42)17-38(26)18-3-4-18/h5-6,12-14,17-18,20H,2-4,7-11,15-16H2,1H3,(H,41,42)(H2,34,35,45)/t20-/m0/s1. The molecule has 1 atom stereocenters. The van der Waals surface area contributed by atoms with Crippen LogP contribution >= 0.6 is 12.2 Å². The Balaban J connectivity index is 1.13. The second kappa shape index (κ2) is 12.5. The molecule has 0 radical (unpaired) electrons. The minimum atomic E-state index is -1.34. The van der Waals surface area contributed by atoms with Gasteiger partial charge in [-0.15, -0.1) is 0 Å². The molecule has 45 heavy (non-hydrogen) atoms. The number of carboxylic acid groups (broad SMARTS) is 1. The quantitative estimate of drug-likeness (QED) is 0.298. The van der Waals surface area contributed by atoms with Gasteiger partial charge < -0.3 is 34.8 Å². The lowest BCUT2D eigenvalue weighted by molar-refractivity contribution is 0.0694. The van der Waals surface area contributed by atoms with E-state index in [9.17, 15) is 19.5 Å². The van der Waals surface area contributed by atoms with E-state index in [-0.39, 0.29) is 23.5 Å². The highest BCUT2D eigenvalue weighted by atomic mass is 32.1. The number of rotatable bonds is 9. The molecule has 3 N–H and O–H groups in total. The number of halogens is 2. The van der Waals surface area contributed by atoms with Crippen molar-refractivity contribution in [2.75, 3.05) is 60.5 Å². The molecule has 11 nitrogen and oxygen atoms in total. The molecule has 238 valence electrons. The number of aromatic carboxylic acids is 1. The molecule has 3 aliphatic rings. The van der Waals surface area contributed by atoms with Crippen molar-refractivity contribution in [2.45, 2.75) is 38.3 Å². The molecule has 1 aromatic heterocycles. The Morgan fingerprint density at radius 1 is 1.02 bits per heavy atom. The van der Waals surface area contributed by atoms with Crippen molar-refractivity contribution in [3.63, 3.8) is 0 Å². The molecule has 3 aromatic rings. The second-order valence-electron chi connectivity index (χ2n) is 11.5. The number of hydrogen-bond acceptors (Lipinski definition) is 7. The maximum Gasteiger partial charge on any atom is 0.414 e. The van der Waals surface area contributed by atoms with E-state index < -0.39 is 35.2 Å². The van der Waals surface area contributed by atoms with Gasteiger partial charge in [-0.05, 0) is 61.8 Å². The SMILES string of the molecule is CCCNC(=S)NC[C@H]1CN(c2ccc(N3CCN(c4cc5c(cc4F)c(=O)c(C(=O)O)cn5C4CC4)CC3)c(F)c2)C(=O)O1. The molecule has 0 unspecified atom stereocenters. The van der Waals surface area contributed by atoms with Crippen LogP contribution in [-0.2, 0) is 4.74 Å². The summed E-state index contributed by atoms with van der Waals surface area (Å²) < 4.78 is 38.0. The van der Waals surface area contributed by atoms with Crippen LogP contribution < -0.4 is 30.8 Å². The van der Waals surface area contributed by atoms with Crippen LogP contribution in [0, 0.1) is 11.6 Å². The maximum atomic E-state index is 15.4. The number of aromatic nitrogens is 1. The predicted octanol–water partition coefficient (Wildman–Crippen LogP) is 3.84. The molecule has 0 bridgehead atoms. The summed E-state index contributed by atoms with van der Waals surface area (Å²) in [7, 11) is 0. The van der Waals surface area contributed by atoms with E-state index in [1.807, 2.05) is 16.7 Å². The summed E-state index contributed by atoms with van der Waals surface area (Å²) in [6.07, 6.45) is 3.00. The zero-order valence-corrected chi connectivity index (χ0v) is 25.5. The molecular formula is C31H34F2N6O5S. The molecule has 3 fully saturated rings. The van der Waals surface area contributed by atoms with Gasteiger partial charge in [-0.25, -0.2) is 18.4 Å². The van der Waals surface area contributed by atoms with E-state index >= 15 is 8.78 Å². The first-order chi connectivity index (χ1) is 21.6. The van der Waals surface area contributed by atoms with E-state index in [2.05, 4.69) is 10.6 Å². The van der Waals surface area contributed by atoms with E-state index in [1.165, 1.54) is 17.2 Å². The van der Waals surface area contributed by atoms with Gasteiger partial charge in [-0.3, -0.25) is 9.69 Å². The number of carbonyl (C=O) groups excluding carboxylic acids is 1. The van der Waals surface area contributed by atoms with Gasteiger partial charge in [-0.2, -0.15) is 0 Å². The van der Waals surface area contributed by atoms with Gasteiger partial charge in [0.2, 0.25) is 5.43 Å². The summed E-state index contributed by atoms with van der Waals surface area (Å²) in [5, 5.41) is 16.1. The number of nitrogens with one attached hydrogen (secondary N) is 2. The highest BCUT2D eigenvalue weighted by molar-refractivity contribution is 7.80. The monoisotopic (exact) mass is 640 g/mol. The van der Waals surface area contributed by atoms with Crippen LogP contribution in [0.2, 0.25) is 0 Å². The van der Waals surface area contributed by atoms with Crippen LogP contribution in [0.25, 0.3) is 10.9 Å².